The fourth-order valence-corrected chi connectivity index (χ4v) is 3.83. The Labute approximate surface area is 180 Å². The maximum atomic E-state index is 13.5. The van der Waals surface area contributed by atoms with Crippen molar-refractivity contribution in [1.82, 2.24) is 4.98 Å². The zero-order chi connectivity index (χ0) is 22.1. The number of aromatic nitrogens is 1. The first-order valence-corrected chi connectivity index (χ1v) is 10.1. The smallest absolute Gasteiger partial charge is 0.293 e. The summed E-state index contributed by atoms with van der Waals surface area (Å²) in [4.78, 5) is 29.0. The van der Waals surface area contributed by atoms with E-state index in [2.05, 4.69) is 10.3 Å². The lowest BCUT2D eigenvalue weighted by molar-refractivity contribution is 0.0994. The van der Waals surface area contributed by atoms with E-state index < -0.39 is 17.5 Å². The summed E-state index contributed by atoms with van der Waals surface area (Å²) in [6, 6.07) is 13.6. The summed E-state index contributed by atoms with van der Waals surface area (Å²) in [6.45, 7) is 3.27. The molecule has 0 bridgehead atoms. The van der Waals surface area contributed by atoms with Gasteiger partial charge in [-0.15, -0.1) is 11.3 Å². The number of aryl methyl sites for hydroxylation is 1. The Hall–Kier alpha value is -3.65. The predicted molar refractivity (Wildman–Crippen MR) is 114 cm³/mol. The Morgan fingerprint density at radius 1 is 0.968 bits per heavy atom. The molecule has 0 radical (unpaired) electrons. The minimum absolute atomic E-state index is 0.0347. The summed E-state index contributed by atoms with van der Waals surface area (Å²) in [7, 11) is 0. The lowest BCUT2D eigenvalue weighted by atomic mass is 10.1. The van der Waals surface area contributed by atoms with Crippen LogP contribution in [0.1, 0.15) is 32.7 Å². The largest absolute Gasteiger partial charge is 0.451 e. The van der Waals surface area contributed by atoms with E-state index in [0.717, 1.165) is 22.6 Å². The molecule has 2 aromatic carbocycles. The van der Waals surface area contributed by atoms with Crippen LogP contribution < -0.4 is 5.32 Å². The summed E-state index contributed by atoms with van der Waals surface area (Å²) >= 11 is 1.22. The molecule has 8 heteroatoms. The van der Waals surface area contributed by atoms with Crippen LogP contribution in [0.4, 0.5) is 13.9 Å². The van der Waals surface area contributed by atoms with Crippen molar-refractivity contribution in [2.75, 3.05) is 5.32 Å². The number of hydrogen-bond acceptors (Lipinski definition) is 5. The molecule has 31 heavy (non-hydrogen) atoms. The van der Waals surface area contributed by atoms with Crippen LogP contribution in [-0.4, -0.2) is 16.7 Å². The molecule has 0 saturated heterocycles. The summed E-state index contributed by atoms with van der Waals surface area (Å²) in [5, 5.41) is 2.98. The van der Waals surface area contributed by atoms with Crippen molar-refractivity contribution in [3.05, 3.63) is 82.4 Å². The van der Waals surface area contributed by atoms with Gasteiger partial charge < -0.3 is 4.42 Å². The monoisotopic (exact) mass is 438 g/mol. The molecule has 0 aliphatic carbocycles. The lowest BCUT2D eigenvalue weighted by Gasteiger charge is -2.01. The number of carbonyl (C=O) groups is 2. The molecule has 1 amide bonds. The van der Waals surface area contributed by atoms with Gasteiger partial charge in [0.25, 0.3) is 5.91 Å². The highest BCUT2D eigenvalue weighted by Crippen LogP contribution is 2.31. The summed E-state index contributed by atoms with van der Waals surface area (Å²) in [5.74, 6) is -1.85. The number of rotatable bonds is 5. The van der Waals surface area contributed by atoms with Gasteiger partial charge in [0.15, 0.2) is 28.3 Å². The molecular weight excluding hydrogens is 422 g/mol. The van der Waals surface area contributed by atoms with Crippen LogP contribution in [0.5, 0.6) is 0 Å². The number of nitrogens with zero attached hydrogens (tertiary/aromatic N) is 1. The standard InChI is InChI=1S/C23H16F2N2O3S/c1-12(28)14-3-5-15(6-4-14)19-9-10-20(30-19)22(29)27-23-26-21(13(2)31-23)16-7-8-17(24)18(25)11-16/h3-11H,1-2H3,(H,26,27,29). The van der Waals surface area contributed by atoms with Crippen LogP contribution in [0.15, 0.2) is 59.0 Å². The van der Waals surface area contributed by atoms with E-state index in [0.29, 0.717) is 27.7 Å². The fourth-order valence-electron chi connectivity index (χ4n) is 3.00. The molecule has 0 atom stereocenters. The molecule has 4 rings (SSSR count). The van der Waals surface area contributed by atoms with Crippen molar-refractivity contribution in [3.63, 3.8) is 0 Å². The molecule has 2 aromatic heterocycles. The third kappa shape index (κ3) is 4.29. The second-order valence-electron chi connectivity index (χ2n) is 6.80. The minimum atomic E-state index is -0.963. The van der Waals surface area contributed by atoms with Gasteiger partial charge in [0, 0.05) is 21.6 Å². The number of amides is 1. The summed E-state index contributed by atoms with van der Waals surface area (Å²) < 4.78 is 32.4. The summed E-state index contributed by atoms with van der Waals surface area (Å²) in [6.07, 6.45) is 0. The van der Waals surface area contributed by atoms with Crippen molar-refractivity contribution in [3.8, 4) is 22.6 Å². The number of benzene rings is 2. The van der Waals surface area contributed by atoms with E-state index in [-0.39, 0.29) is 11.5 Å². The normalized spacial score (nSPS) is 10.8. The van der Waals surface area contributed by atoms with Gasteiger partial charge in [-0.3, -0.25) is 14.9 Å². The van der Waals surface area contributed by atoms with Crippen LogP contribution in [-0.2, 0) is 0 Å². The first kappa shape index (κ1) is 20.6. The molecule has 0 saturated carbocycles. The fraction of sp³-hybridized carbons (Fsp3) is 0.0870. The molecule has 0 unspecified atom stereocenters. The number of furan rings is 1. The number of thiazole rings is 1. The molecule has 4 aromatic rings. The Morgan fingerprint density at radius 2 is 1.68 bits per heavy atom. The van der Waals surface area contributed by atoms with E-state index in [4.69, 9.17) is 4.42 Å². The van der Waals surface area contributed by atoms with Crippen LogP contribution in [0.25, 0.3) is 22.6 Å². The number of anilines is 1. The van der Waals surface area contributed by atoms with Crippen LogP contribution in [0.3, 0.4) is 0 Å². The zero-order valence-corrected chi connectivity index (χ0v) is 17.3. The topological polar surface area (TPSA) is 72.2 Å². The Bertz CT molecular complexity index is 1290. The quantitative estimate of drug-likeness (QED) is 0.382. The highest BCUT2D eigenvalue weighted by molar-refractivity contribution is 7.16. The minimum Gasteiger partial charge on any atom is -0.451 e. The highest BCUT2D eigenvalue weighted by atomic mass is 32.1. The average Bonchev–Trinajstić information content (AvgIpc) is 3.37. The maximum Gasteiger partial charge on any atom is 0.293 e. The number of halogens is 2. The first-order valence-electron chi connectivity index (χ1n) is 9.27. The van der Waals surface area contributed by atoms with Gasteiger partial charge in [-0.2, -0.15) is 0 Å². The highest BCUT2D eigenvalue weighted by Gasteiger charge is 2.17. The molecule has 0 fully saturated rings. The zero-order valence-electron chi connectivity index (χ0n) is 16.5. The van der Waals surface area contributed by atoms with Crippen molar-refractivity contribution >= 4 is 28.2 Å². The number of carbonyl (C=O) groups excluding carboxylic acids is 2. The summed E-state index contributed by atoms with van der Waals surface area (Å²) in [5.41, 5.74) is 2.20. The number of hydrogen-bond donors (Lipinski definition) is 1. The van der Waals surface area contributed by atoms with E-state index >= 15 is 0 Å². The second-order valence-corrected chi connectivity index (χ2v) is 8.01. The predicted octanol–water partition coefficient (Wildman–Crippen LogP) is 6.11. The SMILES string of the molecule is CC(=O)c1ccc(-c2ccc(C(=O)Nc3nc(-c4ccc(F)c(F)c4)c(C)s3)o2)cc1. The van der Waals surface area contributed by atoms with Gasteiger partial charge in [0.05, 0.1) is 5.69 Å². The van der Waals surface area contributed by atoms with Crippen LogP contribution >= 0.6 is 11.3 Å². The van der Waals surface area contributed by atoms with E-state index in [9.17, 15) is 18.4 Å². The van der Waals surface area contributed by atoms with Crippen LogP contribution in [0, 0.1) is 18.6 Å². The Balaban J connectivity index is 1.51. The third-order valence-corrected chi connectivity index (χ3v) is 5.50. The van der Waals surface area contributed by atoms with E-state index in [1.165, 1.54) is 24.3 Å². The third-order valence-electron chi connectivity index (χ3n) is 4.62. The molecule has 0 aliphatic rings. The van der Waals surface area contributed by atoms with Gasteiger partial charge in [-0.1, -0.05) is 24.3 Å². The first-order chi connectivity index (χ1) is 14.8. The Morgan fingerprint density at radius 3 is 2.35 bits per heavy atom. The van der Waals surface area contributed by atoms with Gasteiger partial charge in [-0.05, 0) is 44.2 Å². The number of nitrogens with one attached hydrogen (secondary N) is 1. The van der Waals surface area contributed by atoms with E-state index in [1.807, 2.05) is 0 Å². The molecule has 5 nitrogen and oxygen atoms in total. The second kappa shape index (κ2) is 8.23. The molecule has 156 valence electrons. The molecule has 0 spiro atoms. The van der Waals surface area contributed by atoms with Gasteiger partial charge in [-0.25, -0.2) is 13.8 Å². The van der Waals surface area contributed by atoms with Crippen molar-refractivity contribution in [2.45, 2.75) is 13.8 Å². The lowest BCUT2D eigenvalue weighted by Crippen LogP contribution is -2.10. The van der Waals surface area contributed by atoms with Gasteiger partial charge in [0.2, 0.25) is 0 Å². The van der Waals surface area contributed by atoms with Crippen LogP contribution in [0.2, 0.25) is 0 Å². The van der Waals surface area contributed by atoms with Crippen molar-refractivity contribution in [2.24, 2.45) is 0 Å². The van der Waals surface area contributed by atoms with E-state index in [1.54, 1.807) is 43.3 Å². The molecule has 0 aliphatic heterocycles. The Kier molecular flexibility index (Phi) is 5.48. The van der Waals surface area contributed by atoms with Gasteiger partial charge >= 0.3 is 0 Å². The number of Topliss-reactive ketones (excluding diaryl/α,β-unsaturated/α-hetero) is 1. The maximum absolute atomic E-state index is 13.5. The molecule has 1 N–H and O–H groups in total. The molecule has 2 heterocycles. The van der Waals surface area contributed by atoms with Gasteiger partial charge in [0.1, 0.15) is 5.76 Å². The number of ketones is 1. The van der Waals surface area contributed by atoms with Crippen molar-refractivity contribution in [1.29, 1.82) is 0 Å². The average molecular weight is 438 g/mol. The van der Waals surface area contributed by atoms with Crippen molar-refractivity contribution < 1.29 is 22.8 Å². The molecular formula is C23H16F2N2O3S.